The van der Waals surface area contributed by atoms with E-state index in [1.54, 1.807) is 0 Å². The minimum Gasteiger partial charge on any atom is -0.319 e. The molecule has 1 saturated carbocycles. The molecule has 1 aliphatic carbocycles. The van der Waals surface area contributed by atoms with Gasteiger partial charge in [-0.25, -0.2) is 0 Å². The van der Waals surface area contributed by atoms with Crippen molar-refractivity contribution in [2.75, 3.05) is 25.1 Å². The Labute approximate surface area is 74.3 Å². The molecule has 0 radical (unpaired) electrons. The van der Waals surface area contributed by atoms with Gasteiger partial charge in [0.1, 0.15) is 0 Å². The molecule has 0 unspecified atom stereocenters. The molecule has 1 rings (SSSR count). The summed E-state index contributed by atoms with van der Waals surface area (Å²) in [4.78, 5) is 0. The van der Waals surface area contributed by atoms with Gasteiger partial charge in [0, 0.05) is 6.54 Å². The predicted molar refractivity (Wildman–Crippen MR) is 53.2 cm³/mol. The highest BCUT2D eigenvalue weighted by Crippen LogP contribution is 2.48. The molecular weight excluding hydrogens is 154 g/mol. The highest BCUT2D eigenvalue weighted by atomic mass is 32.2. The summed E-state index contributed by atoms with van der Waals surface area (Å²) in [5, 5.41) is 3.29. The molecule has 0 atom stereocenters. The molecular formula is C9H19NS. The van der Waals surface area contributed by atoms with E-state index in [1.807, 2.05) is 0 Å². The van der Waals surface area contributed by atoms with E-state index in [0.717, 1.165) is 5.41 Å². The van der Waals surface area contributed by atoms with Gasteiger partial charge in [0.15, 0.2) is 0 Å². The van der Waals surface area contributed by atoms with E-state index < -0.39 is 0 Å². The minimum absolute atomic E-state index is 0.719. The fourth-order valence-corrected chi connectivity index (χ4v) is 2.37. The molecule has 66 valence electrons. The Bertz CT molecular complexity index is 110. The van der Waals surface area contributed by atoms with E-state index in [2.05, 4.69) is 31.1 Å². The standard InChI is InChI=1S/C9H19NS/c1-3-11-7-6-9(4-5-9)8-10-2/h10H,3-8H2,1-2H3. The number of rotatable bonds is 6. The van der Waals surface area contributed by atoms with Crippen LogP contribution in [0.2, 0.25) is 0 Å². The summed E-state index contributed by atoms with van der Waals surface area (Å²) in [7, 11) is 2.06. The summed E-state index contributed by atoms with van der Waals surface area (Å²) < 4.78 is 0. The highest BCUT2D eigenvalue weighted by Gasteiger charge is 2.40. The number of hydrogen-bond donors (Lipinski definition) is 1. The molecule has 2 heteroatoms. The van der Waals surface area contributed by atoms with Crippen LogP contribution in [-0.2, 0) is 0 Å². The smallest absolute Gasteiger partial charge is 0.000511 e. The lowest BCUT2D eigenvalue weighted by Gasteiger charge is -2.12. The van der Waals surface area contributed by atoms with Gasteiger partial charge in [-0.05, 0) is 43.2 Å². The Kier molecular flexibility index (Phi) is 3.73. The summed E-state index contributed by atoms with van der Waals surface area (Å²) in [6, 6.07) is 0. The van der Waals surface area contributed by atoms with Crippen LogP contribution in [0.3, 0.4) is 0 Å². The van der Waals surface area contributed by atoms with E-state index in [4.69, 9.17) is 0 Å². The van der Waals surface area contributed by atoms with Gasteiger partial charge in [-0.1, -0.05) is 6.92 Å². The van der Waals surface area contributed by atoms with Crippen molar-refractivity contribution < 1.29 is 0 Å². The van der Waals surface area contributed by atoms with Crippen molar-refractivity contribution in [3.8, 4) is 0 Å². The van der Waals surface area contributed by atoms with Crippen molar-refractivity contribution in [1.82, 2.24) is 5.32 Å². The Hall–Kier alpha value is 0.310. The first kappa shape index (κ1) is 9.40. The van der Waals surface area contributed by atoms with Crippen LogP contribution in [0.25, 0.3) is 0 Å². The molecule has 0 bridgehead atoms. The zero-order chi connectivity index (χ0) is 8.16. The SMILES string of the molecule is CCSCCC1(CNC)CC1. The normalized spacial score (nSPS) is 20.2. The number of nitrogens with one attached hydrogen (secondary N) is 1. The quantitative estimate of drug-likeness (QED) is 0.618. The molecule has 0 aromatic heterocycles. The second-order valence-electron chi connectivity index (χ2n) is 3.48. The van der Waals surface area contributed by atoms with Crippen LogP contribution in [0.5, 0.6) is 0 Å². The first-order chi connectivity index (χ1) is 5.33. The molecule has 1 aliphatic rings. The molecule has 0 heterocycles. The Morgan fingerprint density at radius 1 is 1.45 bits per heavy atom. The van der Waals surface area contributed by atoms with Crippen molar-refractivity contribution in [2.24, 2.45) is 5.41 Å². The maximum atomic E-state index is 3.29. The van der Waals surface area contributed by atoms with Crippen LogP contribution >= 0.6 is 11.8 Å². The maximum Gasteiger partial charge on any atom is 0.000511 e. The van der Waals surface area contributed by atoms with Gasteiger partial charge in [-0.3, -0.25) is 0 Å². The summed E-state index contributed by atoms with van der Waals surface area (Å²) in [6.07, 6.45) is 4.34. The van der Waals surface area contributed by atoms with Crippen molar-refractivity contribution in [3.05, 3.63) is 0 Å². The predicted octanol–water partition coefficient (Wildman–Crippen LogP) is 2.13. The second-order valence-corrected chi connectivity index (χ2v) is 4.87. The van der Waals surface area contributed by atoms with Crippen LogP contribution in [0.4, 0.5) is 0 Å². The van der Waals surface area contributed by atoms with Crippen LogP contribution in [0, 0.1) is 5.41 Å². The summed E-state index contributed by atoms with van der Waals surface area (Å²) in [6.45, 7) is 3.47. The molecule has 0 aromatic rings. The van der Waals surface area contributed by atoms with Gasteiger partial charge in [0.05, 0.1) is 0 Å². The maximum absolute atomic E-state index is 3.29. The summed E-state index contributed by atoms with van der Waals surface area (Å²) in [5.41, 5.74) is 0.719. The van der Waals surface area contributed by atoms with Gasteiger partial charge >= 0.3 is 0 Å². The van der Waals surface area contributed by atoms with E-state index in [-0.39, 0.29) is 0 Å². The van der Waals surface area contributed by atoms with Gasteiger partial charge in [0.2, 0.25) is 0 Å². The topological polar surface area (TPSA) is 12.0 Å². The molecule has 0 spiro atoms. The van der Waals surface area contributed by atoms with E-state index >= 15 is 0 Å². The zero-order valence-electron chi connectivity index (χ0n) is 7.65. The molecule has 0 aliphatic heterocycles. The third kappa shape index (κ3) is 3.04. The molecule has 1 N–H and O–H groups in total. The summed E-state index contributed by atoms with van der Waals surface area (Å²) >= 11 is 2.07. The number of thioether (sulfide) groups is 1. The zero-order valence-corrected chi connectivity index (χ0v) is 8.47. The largest absolute Gasteiger partial charge is 0.319 e. The average molecular weight is 173 g/mol. The molecule has 0 amide bonds. The monoisotopic (exact) mass is 173 g/mol. The molecule has 0 saturated heterocycles. The van der Waals surface area contributed by atoms with Gasteiger partial charge in [-0.2, -0.15) is 11.8 Å². The fourth-order valence-electron chi connectivity index (χ4n) is 1.50. The first-order valence-corrected chi connectivity index (χ1v) is 5.71. The minimum atomic E-state index is 0.719. The van der Waals surface area contributed by atoms with Crippen LogP contribution in [0.1, 0.15) is 26.2 Å². The van der Waals surface area contributed by atoms with Crippen LogP contribution in [-0.4, -0.2) is 25.1 Å². The number of hydrogen-bond acceptors (Lipinski definition) is 2. The third-order valence-electron chi connectivity index (χ3n) is 2.49. The molecule has 1 fully saturated rings. The highest BCUT2D eigenvalue weighted by molar-refractivity contribution is 7.99. The lowest BCUT2D eigenvalue weighted by atomic mass is 10.0. The van der Waals surface area contributed by atoms with E-state index in [0.29, 0.717) is 0 Å². The Balaban J connectivity index is 2.04. The van der Waals surface area contributed by atoms with Crippen molar-refractivity contribution in [1.29, 1.82) is 0 Å². The van der Waals surface area contributed by atoms with Crippen LogP contribution < -0.4 is 5.32 Å². The van der Waals surface area contributed by atoms with Crippen molar-refractivity contribution >= 4 is 11.8 Å². The Morgan fingerprint density at radius 3 is 2.64 bits per heavy atom. The molecule has 0 aromatic carbocycles. The fraction of sp³-hybridized carbons (Fsp3) is 1.00. The Morgan fingerprint density at radius 2 is 2.18 bits per heavy atom. The first-order valence-electron chi connectivity index (χ1n) is 4.55. The van der Waals surface area contributed by atoms with Gasteiger partial charge < -0.3 is 5.32 Å². The lowest BCUT2D eigenvalue weighted by molar-refractivity contribution is 0.469. The average Bonchev–Trinajstić information content (AvgIpc) is 2.71. The van der Waals surface area contributed by atoms with E-state index in [9.17, 15) is 0 Å². The lowest BCUT2D eigenvalue weighted by Crippen LogP contribution is -2.20. The molecule has 11 heavy (non-hydrogen) atoms. The van der Waals surface area contributed by atoms with Crippen molar-refractivity contribution in [3.63, 3.8) is 0 Å². The van der Waals surface area contributed by atoms with Gasteiger partial charge in [0.25, 0.3) is 0 Å². The molecule has 1 nitrogen and oxygen atoms in total. The summed E-state index contributed by atoms with van der Waals surface area (Å²) in [5.74, 6) is 2.63. The van der Waals surface area contributed by atoms with Crippen molar-refractivity contribution in [2.45, 2.75) is 26.2 Å². The third-order valence-corrected chi connectivity index (χ3v) is 3.39. The van der Waals surface area contributed by atoms with E-state index in [1.165, 1.54) is 37.3 Å². The van der Waals surface area contributed by atoms with Gasteiger partial charge in [-0.15, -0.1) is 0 Å². The van der Waals surface area contributed by atoms with Crippen LogP contribution in [0.15, 0.2) is 0 Å². The second kappa shape index (κ2) is 4.36.